The monoisotopic (exact) mass is 303 g/mol. The Hall–Kier alpha value is -2.04. The first-order valence-electron chi connectivity index (χ1n) is 7.63. The normalized spacial score (nSPS) is 15.3. The van der Waals surface area contributed by atoms with Crippen molar-refractivity contribution in [3.05, 3.63) is 35.4 Å². The molecule has 22 heavy (non-hydrogen) atoms. The van der Waals surface area contributed by atoms with E-state index in [2.05, 4.69) is 39.5 Å². The predicted octanol–water partition coefficient (Wildman–Crippen LogP) is 1.96. The van der Waals surface area contributed by atoms with Gasteiger partial charge in [-0.25, -0.2) is 0 Å². The van der Waals surface area contributed by atoms with Crippen molar-refractivity contribution in [2.75, 3.05) is 20.1 Å². The number of hydrogen-bond acceptors (Lipinski definition) is 3. The highest BCUT2D eigenvalue weighted by Gasteiger charge is 2.20. The summed E-state index contributed by atoms with van der Waals surface area (Å²) in [5, 5.41) is 3.09. The fourth-order valence-corrected chi connectivity index (χ4v) is 2.54. The van der Waals surface area contributed by atoms with Crippen LogP contribution in [0.1, 0.15) is 31.9 Å². The van der Waals surface area contributed by atoms with Crippen LogP contribution in [0.4, 0.5) is 0 Å². The molecule has 1 N–H and O–H groups in total. The molecule has 0 radical (unpaired) electrons. The van der Waals surface area contributed by atoms with Gasteiger partial charge in [0.2, 0.25) is 0 Å². The second-order valence-corrected chi connectivity index (χ2v) is 6.43. The number of aliphatic imine (C=N–C) groups is 1. The molecule has 1 heterocycles. The lowest BCUT2D eigenvalue weighted by Crippen LogP contribution is -2.46. The van der Waals surface area contributed by atoms with Crippen LogP contribution < -0.4 is 5.32 Å². The number of rotatable bonds is 2. The second-order valence-electron chi connectivity index (χ2n) is 6.43. The molecule has 1 aromatic carbocycles. The molecule has 0 spiro atoms. The lowest BCUT2D eigenvalue weighted by atomic mass is 10.0. The molecule has 0 fully saturated rings. The zero-order valence-corrected chi connectivity index (χ0v) is 13.8. The van der Waals surface area contributed by atoms with E-state index in [1.165, 1.54) is 11.1 Å². The van der Waals surface area contributed by atoms with Crippen molar-refractivity contribution in [3.63, 3.8) is 0 Å². The molecule has 0 unspecified atom stereocenters. The van der Waals surface area contributed by atoms with Gasteiger partial charge >= 0.3 is 5.97 Å². The molecule has 0 saturated heterocycles. The van der Waals surface area contributed by atoms with Crippen molar-refractivity contribution in [2.24, 2.45) is 4.99 Å². The summed E-state index contributed by atoms with van der Waals surface area (Å²) in [5.41, 5.74) is 2.24. The molecule has 0 amide bonds. The van der Waals surface area contributed by atoms with Gasteiger partial charge in [-0.05, 0) is 38.3 Å². The van der Waals surface area contributed by atoms with Crippen LogP contribution in [-0.2, 0) is 22.5 Å². The smallest absolute Gasteiger partial charge is 0.325 e. The number of guanidine groups is 1. The van der Waals surface area contributed by atoms with Crippen molar-refractivity contribution < 1.29 is 9.53 Å². The summed E-state index contributed by atoms with van der Waals surface area (Å²) in [7, 11) is 1.73. The Morgan fingerprint density at radius 1 is 1.32 bits per heavy atom. The maximum atomic E-state index is 11.8. The van der Waals surface area contributed by atoms with Crippen LogP contribution in [0.5, 0.6) is 0 Å². The van der Waals surface area contributed by atoms with E-state index in [4.69, 9.17) is 4.74 Å². The number of carbonyl (C=O) groups is 1. The summed E-state index contributed by atoms with van der Waals surface area (Å²) in [6.45, 7) is 7.42. The van der Waals surface area contributed by atoms with Gasteiger partial charge in [0.05, 0.1) is 0 Å². The van der Waals surface area contributed by atoms with Gasteiger partial charge in [0.15, 0.2) is 5.96 Å². The minimum absolute atomic E-state index is 0.127. The van der Waals surface area contributed by atoms with Crippen molar-refractivity contribution in [3.8, 4) is 0 Å². The minimum atomic E-state index is -0.466. The quantitative estimate of drug-likeness (QED) is 0.515. The molecule has 0 aromatic heterocycles. The van der Waals surface area contributed by atoms with Crippen LogP contribution in [0.3, 0.4) is 0 Å². The highest BCUT2D eigenvalue weighted by molar-refractivity contribution is 5.84. The average molecular weight is 303 g/mol. The molecule has 5 heteroatoms. The summed E-state index contributed by atoms with van der Waals surface area (Å²) in [5.74, 6) is 0.464. The maximum absolute atomic E-state index is 11.8. The van der Waals surface area contributed by atoms with Crippen molar-refractivity contribution in [1.29, 1.82) is 0 Å². The third-order valence-electron chi connectivity index (χ3n) is 3.45. The van der Waals surface area contributed by atoms with E-state index in [1.807, 2.05) is 20.8 Å². The van der Waals surface area contributed by atoms with Crippen LogP contribution >= 0.6 is 0 Å². The van der Waals surface area contributed by atoms with E-state index in [1.54, 1.807) is 7.05 Å². The van der Waals surface area contributed by atoms with Crippen LogP contribution in [-0.4, -0.2) is 42.6 Å². The van der Waals surface area contributed by atoms with E-state index >= 15 is 0 Å². The Morgan fingerprint density at radius 3 is 2.64 bits per heavy atom. The molecular weight excluding hydrogens is 278 g/mol. The van der Waals surface area contributed by atoms with Gasteiger partial charge in [0.1, 0.15) is 12.1 Å². The first-order valence-corrected chi connectivity index (χ1v) is 7.63. The molecule has 1 aliphatic rings. The lowest BCUT2D eigenvalue weighted by molar-refractivity contribution is -0.153. The van der Waals surface area contributed by atoms with Gasteiger partial charge < -0.3 is 15.0 Å². The zero-order valence-electron chi connectivity index (χ0n) is 13.8. The van der Waals surface area contributed by atoms with E-state index in [0.717, 1.165) is 25.5 Å². The number of nitrogens with zero attached hydrogens (tertiary/aromatic N) is 2. The van der Waals surface area contributed by atoms with E-state index in [-0.39, 0.29) is 12.5 Å². The van der Waals surface area contributed by atoms with E-state index < -0.39 is 5.60 Å². The number of esters is 1. The molecular formula is C17H25N3O2. The second kappa shape index (κ2) is 6.81. The van der Waals surface area contributed by atoms with Crippen molar-refractivity contribution in [2.45, 2.75) is 39.3 Å². The Balaban J connectivity index is 1.92. The first-order chi connectivity index (χ1) is 10.4. The average Bonchev–Trinajstić information content (AvgIpc) is 2.46. The molecule has 1 aliphatic heterocycles. The largest absolute Gasteiger partial charge is 0.459 e. The van der Waals surface area contributed by atoms with E-state index in [0.29, 0.717) is 0 Å². The maximum Gasteiger partial charge on any atom is 0.325 e. The number of benzene rings is 1. The topological polar surface area (TPSA) is 53.9 Å². The summed E-state index contributed by atoms with van der Waals surface area (Å²) in [4.78, 5) is 18.2. The van der Waals surface area contributed by atoms with Gasteiger partial charge in [0.25, 0.3) is 0 Å². The van der Waals surface area contributed by atoms with Gasteiger partial charge in [-0.1, -0.05) is 24.3 Å². The Morgan fingerprint density at radius 2 is 2.00 bits per heavy atom. The Bertz CT molecular complexity index is 561. The zero-order chi connectivity index (χ0) is 16.2. The summed E-state index contributed by atoms with van der Waals surface area (Å²) in [6, 6.07) is 8.44. The number of ether oxygens (including phenoxy) is 1. The highest BCUT2D eigenvalue weighted by atomic mass is 16.6. The van der Waals surface area contributed by atoms with Crippen LogP contribution in [0.2, 0.25) is 0 Å². The molecule has 5 nitrogen and oxygen atoms in total. The number of carbonyl (C=O) groups excluding carboxylic acids is 1. The number of hydrogen-bond donors (Lipinski definition) is 1. The number of fused-ring (bicyclic) bond motifs is 1. The summed E-state index contributed by atoms with van der Waals surface area (Å²) >= 11 is 0. The van der Waals surface area contributed by atoms with Crippen LogP contribution in [0, 0.1) is 0 Å². The fourth-order valence-electron chi connectivity index (χ4n) is 2.54. The predicted molar refractivity (Wildman–Crippen MR) is 87.8 cm³/mol. The number of nitrogens with one attached hydrogen (secondary N) is 1. The first kappa shape index (κ1) is 16.3. The van der Waals surface area contributed by atoms with Crippen molar-refractivity contribution in [1.82, 2.24) is 10.2 Å². The van der Waals surface area contributed by atoms with E-state index in [9.17, 15) is 4.79 Å². The van der Waals surface area contributed by atoms with Crippen molar-refractivity contribution >= 4 is 11.9 Å². The molecule has 0 aliphatic carbocycles. The highest BCUT2D eigenvalue weighted by Crippen LogP contribution is 2.18. The lowest BCUT2D eigenvalue weighted by Gasteiger charge is -2.31. The molecule has 0 bridgehead atoms. The molecule has 0 saturated carbocycles. The van der Waals surface area contributed by atoms with Crippen LogP contribution in [0.15, 0.2) is 29.3 Å². The third kappa shape index (κ3) is 4.48. The standard InChI is InChI=1S/C17H25N3O2/c1-17(2,3)22-15(21)11-19-16(18-4)20-10-9-13-7-5-6-8-14(13)12-20/h5-8H,9-12H2,1-4H3,(H,18,19). The minimum Gasteiger partial charge on any atom is -0.459 e. The molecule has 1 aromatic rings. The molecule has 2 rings (SSSR count). The molecule has 0 atom stereocenters. The third-order valence-corrected chi connectivity index (χ3v) is 3.45. The van der Waals surface area contributed by atoms with Gasteiger partial charge in [-0.15, -0.1) is 0 Å². The Labute approximate surface area is 132 Å². The summed E-state index contributed by atoms with van der Waals surface area (Å²) in [6.07, 6.45) is 0.989. The SMILES string of the molecule is CN=C(NCC(=O)OC(C)(C)C)N1CCc2ccccc2C1. The Kier molecular flexibility index (Phi) is 5.06. The van der Waals surface area contributed by atoms with Gasteiger partial charge in [-0.3, -0.25) is 9.79 Å². The van der Waals surface area contributed by atoms with Crippen LogP contribution in [0.25, 0.3) is 0 Å². The fraction of sp³-hybridized carbons (Fsp3) is 0.529. The molecule has 120 valence electrons. The summed E-state index contributed by atoms with van der Waals surface area (Å²) < 4.78 is 5.30. The van der Waals surface area contributed by atoms with Gasteiger partial charge in [0, 0.05) is 20.1 Å². The van der Waals surface area contributed by atoms with Gasteiger partial charge in [-0.2, -0.15) is 0 Å².